The van der Waals surface area contributed by atoms with Gasteiger partial charge in [-0.1, -0.05) is 30.3 Å². The van der Waals surface area contributed by atoms with Crippen LogP contribution in [0.2, 0.25) is 0 Å². The molecule has 0 spiro atoms. The Morgan fingerprint density at radius 3 is 2.55 bits per heavy atom. The number of aryl methyl sites for hydroxylation is 1. The van der Waals surface area contributed by atoms with Crippen LogP contribution in [0.15, 0.2) is 41.3 Å². The molecule has 0 radical (unpaired) electrons. The number of hydrogen-bond donors (Lipinski definition) is 2. The number of benzene rings is 2. The zero-order chi connectivity index (χ0) is 14.8. The van der Waals surface area contributed by atoms with Crippen molar-refractivity contribution in [1.82, 2.24) is 0 Å². The zero-order valence-corrected chi connectivity index (χ0v) is 11.4. The predicted octanol–water partition coefficient (Wildman–Crippen LogP) is 2.49. The third-order valence-electron chi connectivity index (χ3n) is 3.04. The SMILES string of the molecule is O=C(O)CCCc1ccc2c(S(=O)(=O)O)cccc2c1. The molecule has 0 saturated heterocycles. The van der Waals surface area contributed by atoms with E-state index in [1.54, 1.807) is 24.3 Å². The normalized spacial score (nSPS) is 11.7. The van der Waals surface area contributed by atoms with Crippen molar-refractivity contribution in [1.29, 1.82) is 0 Å². The van der Waals surface area contributed by atoms with Gasteiger partial charge < -0.3 is 5.11 Å². The highest BCUT2D eigenvalue weighted by molar-refractivity contribution is 7.86. The molecule has 2 rings (SSSR count). The number of carbonyl (C=O) groups is 1. The Balaban J connectivity index is 2.34. The van der Waals surface area contributed by atoms with Gasteiger partial charge in [0.25, 0.3) is 10.1 Å². The Kier molecular flexibility index (Phi) is 4.06. The fourth-order valence-electron chi connectivity index (χ4n) is 2.13. The second-order valence-corrected chi connectivity index (χ2v) is 5.92. The number of fused-ring (bicyclic) bond motifs is 1. The summed E-state index contributed by atoms with van der Waals surface area (Å²) in [6.45, 7) is 0. The average Bonchev–Trinajstić information content (AvgIpc) is 2.36. The maximum Gasteiger partial charge on any atom is 0.303 e. The molecule has 0 aliphatic heterocycles. The molecule has 0 unspecified atom stereocenters. The molecule has 2 aromatic rings. The van der Waals surface area contributed by atoms with Gasteiger partial charge in [0.2, 0.25) is 0 Å². The summed E-state index contributed by atoms with van der Waals surface area (Å²) in [6, 6.07) is 9.86. The first-order valence-corrected chi connectivity index (χ1v) is 7.53. The Labute approximate surface area is 116 Å². The molecular formula is C14H14O5S. The molecule has 2 aromatic carbocycles. The third-order valence-corrected chi connectivity index (χ3v) is 3.95. The maximum atomic E-state index is 11.3. The van der Waals surface area contributed by atoms with Gasteiger partial charge in [-0.25, -0.2) is 0 Å². The van der Waals surface area contributed by atoms with Gasteiger partial charge in [0.15, 0.2) is 0 Å². The summed E-state index contributed by atoms with van der Waals surface area (Å²) >= 11 is 0. The van der Waals surface area contributed by atoms with Crippen LogP contribution < -0.4 is 0 Å². The van der Waals surface area contributed by atoms with E-state index in [2.05, 4.69) is 0 Å². The fraction of sp³-hybridized carbons (Fsp3) is 0.214. The summed E-state index contributed by atoms with van der Waals surface area (Å²) < 4.78 is 31.7. The first-order valence-electron chi connectivity index (χ1n) is 6.09. The lowest BCUT2D eigenvalue weighted by Crippen LogP contribution is -1.99. The molecule has 20 heavy (non-hydrogen) atoms. The summed E-state index contributed by atoms with van der Waals surface area (Å²) in [6.07, 6.45) is 1.24. The Morgan fingerprint density at radius 1 is 1.15 bits per heavy atom. The van der Waals surface area contributed by atoms with E-state index in [4.69, 9.17) is 9.66 Å². The van der Waals surface area contributed by atoms with Crippen LogP contribution in [0.3, 0.4) is 0 Å². The Hall–Kier alpha value is -1.92. The van der Waals surface area contributed by atoms with E-state index in [9.17, 15) is 13.2 Å². The van der Waals surface area contributed by atoms with Crippen LogP contribution in [-0.2, 0) is 21.3 Å². The summed E-state index contributed by atoms with van der Waals surface area (Å²) in [7, 11) is -4.25. The van der Waals surface area contributed by atoms with E-state index in [1.807, 2.05) is 6.07 Å². The molecule has 106 valence electrons. The van der Waals surface area contributed by atoms with Gasteiger partial charge in [-0.2, -0.15) is 8.42 Å². The maximum absolute atomic E-state index is 11.3. The van der Waals surface area contributed by atoms with Crippen LogP contribution in [0.1, 0.15) is 18.4 Å². The minimum Gasteiger partial charge on any atom is -0.481 e. The second kappa shape index (κ2) is 5.60. The third kappa shape index (κ3) is 3.34. The lowest BCUT2D eigenvalue weighted by atomic mass is 10.0. The second-order valence-electron chi connectivity index (χ2n) is 4.53. The van der Waals surface area contributed by atoms with Gasteiger partial charge in [-0.05, 0) is 29.9 Å². The molecule has 0 saturated carbocycles. The molecule has 6 heteroatoms. The van der Waals surface area contributed by atoms with E-state index in [0.717, 1.165) is 5.56 Å². The van der Waals surface area contributed by atoms with E-state index >= 15 is 0 Å². The minimum absolute atomic E-state index is 0.100. The smallest absolute Gasteiger partial charge is 0.303 e. The summed E-state index contributed by atoms with van der Waals surface area (Å²) in [5.41, 5.74) is 0.936. The van der Waals surface area contributed by atoms with Crippen molar-refractivity contribution < 1.29 is 22.9 Å². The van der Waals surface area contributed by atoms with Crippen LogP contribution in [0.5, 0.6) is 0 Å². The lowest BCUT2D eigenvalue weighted by Gasteiger charge is -2.06. The number of rotatable bonds is 5. The van der Waals surface area contributed by atoms with Crippen molar-refractivity contribution in [2.24, 2.45) is 0 Å². The monoisotopic (exact) mass is 294 g/mol. The molecule has 0 aromatic heterocycles. The average molecular weight is 294 g/mol. The van der Waals surface area contributed by atoms with Crippen molar-refractivity contribution in [3.63, 3.8) is 0 Å². The van der Waals surface area contributed by atoms with E-state index in [1.165, 1.54) is 6.07 Å². The number of carboxylic acid groups (broad SMARTS) is 1. The highest BCUT2D eigenvalue weighted by Gasteiger charge is 2.13. The molecule has 0 amide bonds. The topological polar surface area (TPSA) is 91.7 Å². The molecule has 2 N–H and O–H groups in total. The van der Waals surface area contributed by atoms with Crippen molar-refractivity contribution in [3.8, 4) is 0 Å². The first kappa shape index (κ1) is 14.5. The van der Waals surface area contributed by atoms with Gasteiger partial charge in [0, 0.05) is 11.8 Å². The van der Waals surface area contributed by atoms with Crippen molar-refractivity contribution in [2.75, 3.05) is 0 Å². The van der Waals surface area contributed by atoms with Gasteiger partial charge >= 0.3 is 5.97 Å². The molecule has 0 aliphatic carbocycles. The summed E-state index contributed by atoms with van der Waals surface area (Å²) in [4.78, 5) is 10.3. The summed E-state index contributed by atoms with van der Waals surface area (Å²) in [5, 5.41) is 9.75. The Morgan fingerprint density at radius 2 is 1.90 bits per heavy atom. The van der Waals surface area contributed by atoms with Gasteiger partial charge in [-0.15, -0.1) is 0 Å². The molecule has 0 atom stereocenters. The number of aliphatic carboxylic acids is 1. The highest BCUT2D eigenvalue weighted by Crippen LogP contribution is 2.24. The van der Waals surface area contributed by atoms with Crippen molar-refractivity contribution in [2.45, 2.75) is 24.2 Å². The highest BCUT2D eigenvalue weighted by atomic mass is 32.2. The largest absolute Gasteiger partial charge is 0.481 e. The quantitative estimate of drug-likeness (QED) is 0.827. The predicted molar refractivity (Wildman–Crippen MR) is 74.3 cm³/mol. The van der Waals surface area contributed by atoms with Gasteiger partial charge in [-0.3, -0.25) is 9.35 Å². The molecule has 0 heterocycles. The number of carboxylic acids is 1. The lowest BCUT2D eigenvalue weighted by molar-refractivity contribution is -0.137. The van der Waals surface area contributed by atoms with Gasteiger partial charge in [0.1, 0.15) is 4.90 Å². The first-order chi connectivity index (χ1) is 9.38. The minimum atomic E-state index is -4.25. The van der Waals surface area contributed by atoms with E-state index in [0.29, 0.717) is 23.6 Å². The van der Waals surface area contributed by atoms with Crippen LogP contribution in [-0.4, -0.2) is 24.0 Å². The van der Waals surface area contributed by atoms with Crippen LogP contribution in [0, 0.1) is 0 Å². The van der Waals surface area contributed by atoms with Crippen LogP contribution in [0.4, 0.5) is 0 Å². The molecule has 5 nitrogen and oxygen atoms in total. The number of hydrogen-bond acceptors (Lipinski definition) is 3. The van der Waals surface area contributed by atoms with Crippen molar-refractivity contribution >= 4 is 26.9 Å². The summed E-state index contributed by atoms with van der Waals surface area (Å²) in [5.74, 6) is -0.834. The molecule has 0 aliphatic rings. The molecule has 0 fully saturated rings. The van der Waals surface area contributed by atoms with E-state index < -0.39 is 16.1 Å². The fourth-order valence-corrected chi connectivity index (χ4v) is 2.84. The van der Waals surface area contributed by atoms with Crippen molar-refractivity contribution in [3.05, 3.63) is 42.0 Å². The van der Waals surface area contributed by atoms with E-state index in [-0.39, 0.29) is 11.3 Å². The molecule has 0 bridgehead atoms. The Bertz CT molecular complexity index is 749. The van der Waals surface area contributed by atoms with Crippen LogP contribution in [0.25, 0.3) is 10.8 Å². The zero-order valence-electron chi connectivity index (χ0n) is 10.6. The van der Waals surface area contributed by atoms with Crippen LogP contribution >= 0.6 is 0 Å². The molecular weight excluding hydrogens is 280 g/mol. The van der Waals surface area contributed by atoms with Gasteiger partial charge in [0.05, 0.1) is 0 Å². The standard InChI is InChI=1S/C14H14O5S/c15-14(16)6-1-3-10-7-8-12-11(9-10)4-2-5-13(12)20(17,18)19/h2,4-5,7-9H,1,3,6H2,(H,15,16)(H,17,18,19).